The van der Waals surface area contributed by atoms with Crippen LogP contribution in [0.2, 0.25) is 5.02 Å². The minimum Gasteiger partial charge on any atom is -0.399 e. The van der Waals surface area contributed by atoms with Gasteiger partial charge in [0.15, 0.2) is 0 Å². The van der Waals surface area contributed by atoms with Crippen molar-refractivity contribution in [3.8, 4) is 0 Å². The second kappa shape index (κ2) is 7.69. The molecule has 6 nitrogen and oxygen atoms in total. The van der Waals surface area contributed by atoms with Gasteiger partial charge in [0.1, 0.15) is 5.82 Å². The minimum absolute atomic E-state index is 0.0152. The summed E-state index contributed by atoms with van der Waals surface area (Å²) in [5.74, 6) is 5.93. The van der Waals surface area contributed by atoms with Crippen molar-refractivity contribution in [1.29, 1.82) is 0 Å². The molecule has 1 aromatic carbocycles. The number of hydrogen-bond donors (Lipinski definition) is 2. The van der Waals surface area contributed by atoms with Gasteiger partial charge >= 0.3 is 6.18 Å². The van der Waals surface area contributed by atoms with E-state index in [0.29, 0.717) is 23.6 Å². The van der Waals surface area contributed by atoms with Crippen LogP contribution in [-0.2, 0) is 6.18 Å². The second-order valence-corrected chi connectivity index (χ2v) is 6.55. The fourth-order valence-electron chi connectivity index (χ4n) is 2.95. The molecule has 1 aliphatic rings. The highest BCUT2D eigenvalue weighted by atomic mass is 35.5. The average Bonchev–Trinajstić information content (AvgIpc) is 2.67. The molecule has 28 heavy (non-hydrogen) atoms. The zero-order valence-corrected chi connectivity index (χ0v) is 15.3. The maximum Gasteiger partial charge on any atom is 0.417 e. The Labute approximate surface area is 164 Å². The highest BCUT2D eigenvalue weighted by Gasteiger charge is 2.35. The van der Waals surface area contributed by atoms with Crippen molar-refractivity contribution < 1.29 is 18.0 Å². The number of anilines is 1. The number of alkyl halides is 3. The molecule has 0 saturated heterocycles. The standard InChI is InChI=1S/C18H17ClF3N5O/c19-16-11(4-3-5-12(16)18(20,21)22)17(28)26-9-7-14(13(23)10-26)27(24)15-6-1-2-8-25-15/h1-6,8H,7,9-10,23-24H2. The molecule has 0 aliphatic carbocycles. The van der Waals surface area contributed by atoms with E-state index in [-0.39, 0.29) is 18.7 Å². The van der Waals surface area contributed by atoms with Gasteiger partial charge in [0, 0.05) is 24.9 Å². The summed E-state index contributed by atoms with van der Waals surface area (Å²) in [6.45, 7) is 0.239. The topological polar surface area (TPSA) is 88.5 Å². The molecule has 0 atom stereocenters. The highest BCUT2D eigenvalue weighted by Crippen LogP contribution is 2.36. The van der Waals surface area contributed by atoms with Crippen LogP contribution in [0.4, 0.5) is 19.0 Å². The first-order chi connectivity index (χ1) is 13.2. The van der Waals surface area contributed by atoms with E-state index in [4.69, 9.17) is 23.2 Å². The van der Waals surface area contributed by atoms with E-state index in [1.54, 1.807) is 24.4 Å². The van der Waals surface area contributed by atoms with Crippen LogP contribution in [-0.4, -0.2) is 28.9 Å². The predicted molar refractivity (Wildman–Crippen MR) is 99.1 cm³/mol. The van der Waals surface area contributed by atoms with Gasteiger partial charge in [-0.05, 0) is 24.3 Å². The summed E-state index contributed by atoms with van der Waals surface area (Å²) in [6.07, 6.45) is -2.74. The van der Waals surface area contributed by atoms with Crippen LogP contribution in [0.5, 0.6) is 0 Å². The number of carbonyl (C=O) groups excluding carboxylic acids is 1. The number of hydrogen-bond acceptors (Lipinski definition) is 5. The van der Waals surface area contributed by atoms with E-state index in [0.717, 1.165) is 12.1 Å². The predicted octanol–water partition coefficient (Wildman–Crippen LogP) is 3.15. The molecule has 4 N–H and O–H groups in total. The first kappa shape index (κ1) is 20.0. The smallest absolute Gasteiger partial charge is 0.399 e. The molecule has 148 valence electrons. The average molecular weight is 412 g/mol. The van der Waals surface area contributed by atoms with Gasteiger partial charge in [-0.3, -0.25) is 9.80 Å². The number of nitrogens with zero attached hydrogens (tertiary/aromatic N) is 3. The molecule has 2 heterocycles. The maximum absolute atomic E-state index is 13.0. The highest BCUT2D eigenvalue weighted by molar-refractivity contribution is 6.34. The number of benzene rings is 1. The zero-order valence-electron chi connectivity index (χ0n) is 14.6. The summed E-state index contributed by atoms with van der Waals surface area (Å²) in [5, 5.41) is 0.719. The summed E-state index contributed by atoms with van der Waals surface area (Å²) in [4.78, 5) is 18.2. The van der Waals surface area contributed by atoms with Crippen LogP contribution in [0.1, 0.15) is 22.3 Å². The van der Waals surface area contributed by atoms with Crippen LogP contribution in [0.25, 0.3) is 0 Å². The third-order valence-corrected chi connectivity index (χ3v) is 4.77. The lowest BCUT2D eigenvalue weighted by Crippen LogP contribution is -2.44. The summed E-state index contributed by atoms with van der Waals surface area (Å²) >= 11 is 5.86. The van der Waals surface area contributed by atoms with E-state index >= 15 is 0 Å². The van der Waals surface area contributed by atoms with Crippen LogP contribution in [0.15, 0.2) is 54.0 Å². The SMILES string of the molecule is NC1=C(N(N)c2ccccn2)CCN(C(=O)c2cccc(C(F)(F)F)c2Cl)C1. The van der Waals surface area contributed by atoms with Crippen molar-refractivity contribution in [2.75, 3.05) is 18.1 Å². The molecule has 0 bridgehead atoms. The number of halogens is 4. The van der Waals surface area contributed by atoms with Gasteiger partial charge in [-0.2, -0.15) is 13.2 Å². The number of carbonyl (C=O) groups is 1. The molecular weight excluding hydrogens is 395 g/mol. The lowest BCUT2D eigenvalue weighted by molar-refractivity contribution is -0.137. The number of pyridine rings is 1. The molecule has 1 aliphatic heterocycles. The van der Waals surface area contributed by atoms with Crippen molar-refractivity contribution in [2.45, 2.75) is 12.6 Å². The van der Waals surface area contributed by atoms with E-state index in [1.165, 1.54) is 16.0 Å². The van der Waals surface area contributed by atoms with E-state index in [9.17, 15) is 18.0 Å². The second-order valence-electron chi connectivity index (χ2n) is 6.17. The zero-order chi connectivity index (χ0) is 20.5. The lowest BCUT2D eigenvalue weighted by atomic mass is 10.1. The Morgan fingerprint density at radius 1 is 1.21 bits per heavy atom. The summed E-state index contributed by atoms with van der Waals surface area (Å²) in [7, 11) is 0. The number of nitrogens with two attached hydrogens (primary N) is 2. The van der Waals surface area contributed by atoms with Gasteiger partial charge in [0.25, 0.3) is 5.91 Å². The molecule has 10 heteroatoms. The van der Waals surface area contributed by atoms with Crippen molar-refractivity contribution in [1.82, 2.24) is 9.88 Å². The van der Waals surface area contributed by atoms with Crippen molar-refractivity contribution in [3.63, 3.8) is 0 Å². The molecule has 0 unspecified atom stereocenters. The molecule has 0 radical (unpaired) electrons. The fraction of sp³-hybridized carbons (Fsp3) is 0.222. The summed E-state index contributed by atoms with van der Waals surface area (Å²) in [6, 6.07) is 8.47. The molecular formula is C18H17ClF3N5O. The van der Waals surface area contributed by atoms with Gasteiger partial charge < -0.3 is 10.6 Å². The quantitative estimate of drug-likeness (QED) is 0.598. The molecule has 2 aromatic rings. The lowest BCUT2D eigenvalue weighted by Gasteiger charge is -2.33. The number of amides is 1. The van der Waals surface area contributed by atoms with Crippen LogP contribution in [0.3, 0.4) is 0 Å². The summed E-state index contributed by atoms with van der Waals surface area (Å²) in [5.41, 5.74) is 5.74. The van der Waals surface area contributed by atoms with E-state index < -0.39 is 22.7 Å². The molecule has 1 amide bonds. The van der Waals surface area contributed by atoms with Crippen LogP contribution >= 0.6 is 11.6 Å². The van der Waals surface area contributed by atoms with E-state index in [2.05, 4.69) is 4.98 Å². The third kappa shape index (κ3) is 3.90. The largest absolute Gasteiger partial charge is 0.417 e. The maximum atomic E-state index is 13.0. The molecule has 0 fully saturated rings. The Hall–Kier alpha value is -2.78. The molecule has 3 rings (SSSR count). The Morgan fingerprint density at radius 3 is 2.57 bits per heavy atom. The fourth-order valence-corrected chi connectivity index (χ4v) is 3.26. The number of rotatable bonds is 3. The van der Waals surface area contributed by atoms with Crippen LogP contribution in [0, 0.1) is 0 Å². The van der Waals surface area contributed by atoms with Crippen LogP contribution < -0.4 is 16.6 Å². The first-order valence-electron chi connectivity index (χ1n) is 8.28. The minimum atomic E-state index is -4.65. The Morgan fingerprint density at radius 2 is 1.96 bits per heavy atom. The monoisotopic (exact) mass is 411 g/mol. The Kier molecular flexibility index (Phi) is 5.48. The first-order valence-corrected chi connectivity index (χ1v) is 8.66. The van der Waals surface area contributed by atoms with E-state index in [1.807, 2.05) is 0 Å². The third-order valence-electron chi connectivity index (χ3n) is 4.36. The van der Waals surface area contributed by atoms with Gasteiger partial charge in [-0.15, -0.1) is 0 Å². The molecule has 0 saturated carbocycles. The van der Waals surface area contributed by atoms with Gasteiger partial charge in [0.2, 0.25) is 0 Å². The number of hydrazine groups is 1. The normalized spacial score (nSPS) is 15.0. The summed E-state index contributed by atoms with van der Waals surface area (Å²) < 4.78 is 39.1. The Balaban J connectivity index is 1.83. The van der Waals surface area contributed by atoms with Gasteiger partial charge in [-0.1, -0.05) is 23.7 Å². The molecule has 1 aromatic heterocycles. The molecule has 0 spiro atoms. The van der Waals surface area contributed by atoms with Crippen molar-refractivity contribution in [2.24, 2.45) is 11.6 Å². The van der Waals surface area contributed by atoms with Gasteiger partial charge in [-0.25, -0.2) is 10.8 Å². The van der Waals surface area contributed by atoms with Crippen molar-refractivity contribution in [3.05, 3.63) is 70.1 Å². The van der Waals surface area contributed by atoms with Crippen molar-refractivity contribution >= 4 is 23.3 Å². The van der Waals surface area contributed by atoms with Gasteiger partial charge in [0.05, 0.1) is 28.4 Å². The number of aromatic nitrogens is 1. The Bertz CT molecular complexity index is 917.